The SMILES string of the molecule is Cn1ccc2cc(NC(=O)c3cc4cc(F)ccc4n3Cc3ccc(Br)cc3)ccc21. The van der Waals surface area contributed by atoms with Crippen molar-refractivity contribution in [1.82, 2.24) is 9.13 Å². The lowest BCUT2D eigenvalue weighted by Crippen LogP contribution is -2.17. The van der Waals surface area contributed by atoms with Crippen LogP contribution < -0.4 is 5.32 Å². The third-order valence-corrected chi connectivity index (χ3v) is 6.02. The summed E-state index contributed by atoms with van der Waals surface area (Å²) in [5.41, 5.74) is 4.16. The molecule has 1 N–H and O–H groups in total. The summed E-state index contributed by atoms with van der Waals surface area (Å²) in [5.74, 6) is -0.557. The molecule has 0 aliphatic carbocycles. The molecular weight excluding hydrogens is 457 g/mol. The van der Waals surface area contributed by atoms with Crippen molar-refractivity contribution in [2.24, 2.45) is 7.05 Å². The Morgan fingerprint density at radius 2 is 1.71 bits per heavy atom. The molecule has 0 fully saturated rings. The van der Waals surface area contributed by atoms with E-state index in [1.54, 1.807) is 12.1 Å². The summed E-state index contributed by atoms with van der Waals surface area (Å²) in [5, 5.41) is 4.75. The molecule has 3 aromatic carbocycles. The van der Waals surface area contributed by atoms with Crippen molar-refractivity contribution in [2.45, 2.75) is 6.54 Å². The number of nitrogens with one attached hydrogen (secondary N) is 1. The lowest BCUT2D eigenvalue weighted by Gasteiger charge is -2.12. The Labute approximate surface area is 187 Å². The van der Waals surface area contributed by atoms with Crippen LogP contribution in [0.1, 0.15) is 16.1 Å². The van der Waals surface area contributed by atoms with Crippen LogP contribution in [-0.4, -0.2) is 15.0 Å². The largest absolute Gasteiger partial charge is 0.351 e. The van der Waals surface area contributed by atoms with Gasteiger partial charge in [0.05, 0.1) is 0 Å². The molecule has 4 nitrogen and oxygen atoms in total. The van der Waals surface area contributed by atoms with Crippen molar-refractivity contribution < 1.29 is 9.18 Å². The van der Waals surface area contributed by atoms with Gasteiger partial charge in [-0.15, -0.1) is 0 Å². The molecule has 0 saturated carbocycles. The standard InChI is InChI=1S/C25H19BrFN3O/c1-29-11-10-17-13-21(7-9-22(17)29)28-25(31)24-14-18-12-20(27)6-8-23(18)30(24)15-16-2-4-19(26)5-3-16/h2-14H,15H2,1H3,(H,28,31). The Morgan fingerprint density at radius 1 is 0.935 bits per heavy atom. The summed E-state index contributed by atoms with van der Waals surface area (Å²) >= 11 is 3.45. The molecule has 0 bridgehead atoms. The number of nitrogens with zero attached hydrogens (tertiary/aromatic N) is 2. The van der Waals surface area contributed by atoms with E-state index >= 15 is 0 Å². The van der Waals surface area contributed by atoms with Gasteiger partial charge in [-0.1, -0.05) is 28.1 Å². The molecule has 2 heterocycles. The number of rotatable bonds is 4. The highest BCUT2D eigenvalue weighted by Gasteiger charge is 2.17. The Balaban J connectivity index is 1.53. The molecule has 6 heteroatoms. The molecule has 0 saturated heterocycles. The monoisotopic (exact) mass is 475 g/mol. The van der Waals surface area contributed by atoms with Crippen molar-refractivity contribution in [3.63, 3.8) is 0 Å². The molecule has 154 valence electrons. The number of amides is 1. The van der Waals surface area contributed by atoms with Crippen LogP contribution in [0.4, 0.5) is 10.1 Å². The molecular formula is C25H19BrFN3O. The van der Waals surface area contributed by atoms with Crippen LogP contribution in [-0.2, 0) is 13.6 Å². The van der Waals surface area contributed by atoms with Gasteiger partial charge in [-0.3, -0.25) is 4.79 Å². The van der Waals surface area contributed by atoms with E-state index in [0.717, 1.165) is 32.1 Å². The Morgan fingerprint density at radius 3 is 2.52 bits per heavy atom. The Hall–Kier alpha value is -3.38. The van der Waals surface area contributed by atoms with Gasteiger partial charge in [0.15, 0.2) is 0 Å². The summed E-state index contributed by atoms with van der Waals surface area (Å²) in [6.45, 7) is 0.503. The molecule has 2 aromatic heterocycles. The van der Waals surface area contributed by atoms with E-state index < -0.39 is 0 Å². The maximum absolute atomic E-state index is 13.8. The number of halogens is 2. The minimum atomic E-state index is -0.324. The minimum Gasteiger partial charge on any atom is -0.351 e. The van der Waals surface area contributed by atoms with Crippen LogP contribution in [0.15, 0.2) is 83.5 Å². The van der Waals surface area contributed by atoms with Crippen LogP contribution in [0.5, 0.6) is 0 Å². The van der Waals surface area contributed by atoms with Crippen molar-refractivity contribution in [3.05, 3.63) is 101 Å². The molecule has 0 radical (unpaired) electrons. The number of carbonyl (C=O) groups excluding carboxylic acids is 1. The quantitative estimate of drug-likeness (QED) is 0.323. The first-order chi connectivity index (χ1) is 15.0. The van der Waals surface area contributed by atoms with Crippen LogP contribution in [0.3, 0.4) is 0 Å². The van der Waals surface area contributed by atoms with Gasteiger partial charge in [0.25, 0.3) is 5.91 Å². The molecule has 5 aromatic rings. The number of benzene rings is 3. The van der Waals surface area contributed by atoms with Gasteiger partial charge in [-0.2, -0.15) is 0 Å². The van der Waals surface area contributed by atoms with Gasteiger partial charge >= 0.3 is 0 Å². The van der Waals surface area contributed by atoms with Crippen LogP contribution in [0, 0.1) is 5.82 Å². The van der Waals surface area contributed by atoms with Gasteiger partial charge in [-0.25, -0.2) is 4.39 Å². The lowest BCUT2D eigenvalue weighted by molar-refractivity contribution is 0.101. The summed E-state index contributed by atoms with van der Waals surface area (Å²) in [7, 11) is 1.99. The fourth-order valence-electron chi connectivity index (χ4n) is 3.93. The normalized spacial score (nSPS) is 11.3. The summed E-state index contributed by atoms with van der Waals surface area (Å²) < 4.78 is 18.8. The molecule has 5 rings (SSSR count). The number of hydrogen-bond acceptors (Lipinski definition) is 1. The first-order valence-corrected chi connectivity index (χ1v) is 10.7. The zero-order chi connectivity index (χ0) is 21.5. The van der Waals surface area contributed by atoms with Crippen LogP contribution in [0.25, 0.3) is 21.8 Å². The molecule has 0 atom stereocenters. The summed E-state index contributed by atoms with van der Waals surface area (Å²) in [6, 6.07) is 22.1. The smallest absolute Gasteiger partial charge is 0.272 e. The maximum Gasteiger partial charge on any atom is 0.272 e. The average molecular weight is 476 g/mol. The number of carbonyl (C=O) groups is 1. The van der Waals surface area contributed by atoms with E-state index in [1.807, 2.05) is 70.9 Å². The second-order valence-electron chi connectivity index (χ2n) is 7.60. The maximum atomic E-state index is 13.8. The average Bonchev–Trinajstić information content (AvgIpc) is 3.30. The number of aromatic nitrogens is 2. The fraction of sp³-hybridized carbons (Fsp3) is 0.0800. The molecule has 1 amide bonds. The molecule has 31 heavy (non-hydrogen) atoms. The molecule has 0 spiro atoms. The van der Waals surface area contributed by atoms with Crippen LogP contribution >= 0.6 is 15.9 Å². The van der Waals surface area contributed by atoms with Crippen molar-refractivity contribution >= 4 is 49.3 Å². The summed E-state index contributed by atoms with van der Waals surface area (Å²) in [4.78, 5) is 13.2. The highest BCUT2D eigenvalue weighted by Crippen LogP contribution is 2.25. The third kappa shape index (κ3) is 3.75. The van der Waals surface area contributed by atoms with E-state index in [1.165, 1.54) is 12.1 Å². The van der Waals surface area contributed by atoms with Crippen LogP contribution in [0.2, 0.25) is 0 Å². The molecule has 0 aliphatic heterocycles. The first-order valence-electron chi connectivity index (χ1n) is 9.87. The van der Waals surface area contributed by atoms with E-state index in [0.29, 0.717) is 17.6 Å². The van der Waals surface area contributed by atoms with Crippen molar-refractivity contribution in [3.8, 4) is 0 Å². The van der Waals surface area contributed by atoms with Gasteiger partial charge in [0.1, 0.15) is 11.5 Å². The van der Waals surface area contributed by atoms with Crippen molar-refractivity contribution in [1.29, 1.82) is 0 Å². The predicted molar refractivity (Wildman–Crippen MR) is 126 cm³/mol. The van der Waals surface area contributed by atoms with E-state index in [9.17, 15) is 9.18 Å². The highest BCUT2D eigenvalue weighted by atomic mass is 79.9. The summed E-state index contributed by atoms with van der Waals surface area (Å²) in [6.07, 6.45) is 1.99. The van der Waals surface area contributed by atoms with E-state index in [2.05, 4.69) is 21.2 Å². The first kappa shape index (κ1) is 19.6. The van der Waals surface area contributed by atoms with Gasteiger partial charge in [-0.05, 0) is 66.2 Å². The third-order valence-electron chi connectivity index (χ3n) is 5.49. The second kappa shape index (κ2) is 7.71. The van der Waals surface area contributed by atoms with Gasteiger partial charge in [0.2, 0.25) is 0 Å². The topological polar surface area (TPSA) is 39.0 Å². The lowest BCUT2D eigenvalue weighted by atomic mass is 10.2. The number of hydrogen-bond donors (Lipinski definition) is 1. The van der Waals surface area contributed by atoms with E-state index in [4.69, 9.17) is 0 Å². The van der Waals surface area contributed by atoms with Crippen molar-refractivity contribution in [2.75, 3.05) is 5.32 Å². The molecule has 0 unspecified atom stereocenters. The van der Waals surface area contributed by atoms with Gasteiger partial charge < -0.3 is 14.5 Å². The Kier molecular flexibility index (Phi) is 4.87. The highest BCUT2D eigenvalue weighted by molar-refractivity contribution is 9.10. The minimum absolute atomic E-state index is 0.232. The molecule has 0 aliphatic rings. The number of aryl methyl sites for hydroxylation is 1. The zero-order valence-electron chi connectivity index (χ0n) is 16.8. The number of fused-ring (bicyclic) bond motifs is 2. The van der Waals surface area contributed by atoms with E-state index in [-0.39, 0.29) is 11.7 Å². The predicted octanol–water partition coefficient (Wildman–Crippen LogP) is 6.34. The second-order valence-corrected chi connectivity index (χ2v) is 8.52. The number of anilines is 1. The fourth-order valence-corrected chi connectivity index (χ4v) is 4.19. The van der Waals surface area contributed by atoms with Gasteiger partial charge in [0, 0.05) is 51.8 Å². The Bertz CT molecular complexity index is 1430. The zero-order valence-corrected chi connectivity index (χ0v) is 18.4.